The summed E-state index contributed by atoms with van der Waals surface area (Å²) in [6.07, 6.45) is -0.391. The van der Waals surface area contributed by atoms with Crippen molar-refractivity contribution in [1.82, 2.24) is 25.4 Å². The lowest BCUT2D eigenvalue weighted by atomic mass is 9.96. The highest BCUT2D eigenvalue weighted by Crippen LogP contribution is 2.31. The van der Waals surface area contributed by atoms with Gasteiger partial charge in [0.25, 0.3) is 5.22 Å². The van der Waals surface area contributed by atoms with Gasteiger partial charge in [0, 0.05) is 23.0 Å². The van der Waals surface area contributed by atoms with Crippen LogP contribution in [0.5, 0.6) is 0 Å². The summed E-state index contributed by atoms with van der Waals surface area (Å²) >= 11 is 1.01. The Labute approximate surface area is 205 Å². The van der Waals surface area contributed by atoms with Gasteiger partial charge in [0.15, 0.2) is 0 Å². The van der Waals surface area contributed by atoms with Crippen LogP contribution in [-0.2, 0) is 27.3 Å². The molecule has 1 aliphatic heterocycles. The summed E-state index contributed by atoms with van der Waals surface area (Å²) in [7, 11) is 0. The number of aromatic nitrogens is 3. The summed E-state index contributed by atoms with van der Waals surface area (Å²) in [4.78, 5) is 41.6. The molecule has 0 aliphatic carbocycles. The van der Waals surface area contributed by atoms with E-state index < -0.39 is 29.7 Å². The molecule has 0 radical (unpaired) electrons. The fraction of sp³-hybridized carbons (Fsp3) is 0.435. The number of carbonyl (C=O) groups excluding carboxylic acids is 2. The number of alkyl carbamates (subject to hydrolysis) is 1. The van der Waals surface area contributed by atoms with E-state index >= 15 is 0 Å². The molecule has 35 heavy (non-hydrogen) atoms. The van der Waals surface area contributed by atoms with Crippen LogP contribution < -0.4 is 5.32 Å². The monoisotopic (exact) mass is 501 g/mol. The topological polar surface area (TPSA) is 151 Å². The molecule has 0 spiro atoms. The minimum atomic E-state index is -1.05. The van der Waals surface area contributed by atoms with Crippen LogP contribution >= 0.6 is 11.8 Å². The van der Waals surface area contributed by atoms with Gasteiger partial charge in [-0.1, -0.05) is 30.0 Å². The Morgan fingerprint density at radius 1 is 1.31 bits per heavy atom. The number of carboxylic acids is 1. The second kappa shape index (κ2) is 9.61. The minimum Gasteiger partial charge on any atom is -0.480 e. The van der Waals surface area contributed by atoms with Crippen LogP contribution in [0.2, 0.25) is 0 Å². The van der Waals surface area contributed by atoms with Crippen LogP contribution in [0.1, 0.15) is 50.9 Å². The zero-order chi connectivity index (χ0) is 25.3. The Kier molecular flexibility index (Phi) is 6.75. The normalized spacial score (nSPS) is 16.6. The molecule has 11 nitrogen and oxygen atoms in total. The Morgan fingerprint density at radius 3 is 2.77 bits per heavy atom. The number of rotatable bonds is 6. The molecule has 3 heterocycles. The van der Waals surface area contributed by atoms with Crippen molar-refractivity contribution in [3.63, 3.8) is 0 Å². The molecule has 0 fully saturated rings. The number of H-pyrrole nitrogens is 1. The third kappa shape index (κ3) is 5.59. The molecule has 0 saturated carbocycles. The van der Waals surface area contributed by atoms with Crippen molar-refractivity contribution in [2.24, 2.45) is 0 Å². The molecule has 1 aliphatic rings. The van der Waals surface area contributed by atoms with Crippen molar-refractivity contribution < 1.29 is 28.6 Å². The van der Waals surface area contributed by atoms with E-state index in [2.05, 4.69) is 20.5 Å². The van der Waals surface area contributed by atoms with Crippen molar-refractivity contribution >= 4 is 40.6 Å². The van der Waals surface area contributed by atoms with Crippen molar-refractivity contribution in [1.29, 1.82) is 0 Å². The van der Waals surface area contributed by atoms with Crippen molar-refractivity contribution in [2.75, 3.05) is 5.75 Å². The first-order chi connectivity index (χ1) is 16.5. The highest BCUT2D eigenvalue weighted by atomic mass is 32.2. The molecule has 2 unspecified atom stereocenters. The number of ether oxygens (including phenoxy) is 1. The summed E-state index contributed by atoms with van der Waals surface area (Å²) in [5.74, 6) is -1.32. The third-order valence-corrected chi connectivity index (χ3v) is 6.26. The molecule has 1 aromatic carbocycles. The van der Waals surface area contributed by atoms with Gasteiger partial charge in [0.1, 0.15) is 17.7 Å². The van der Waals surface area contributed by atoms with Gasteiger partial charge in [0.2, 0.25) is 11.8 Å². The number of hydrogen-bond donors (Lipinski definition) is 3. The molecule has 0 saturated heterocycles. The van der Waals surface area contributed by atoms with Crippen LogP contribution in [0.3, 0.4) is 0 Å². The lowest BCUT2D eigenvalue weighted by molar-refractivity contribution is -0.150. The molecule has 2 aromatic heterocycles. The molecule has 4 rings (SSSR count). The molecule has 186 valence electrons. The lowest BCUT2D eigenvalue weighted by Gasteiger charge is -2.33. The Morgan fingerprint density at radius 2 is 2.06 bits per heavy atom. The predicted molar refractivity (Wildman–Crippen MR) is 127 cm³/mol. The molecule has 12 heteroatoms. The maximum atomic E-state index is 13.0. The van der Waals surface area contributed by atoms with Gasteiger partial charge in [-0.05, 0) is 39.3 Å². The van der Waals surface area contributed by atoms with E-state index in [0.29, 0.717) is 0 Å². The molecule has 2 amide bonds. The number of hydrogen-bond acceptors (Lipinski definition) is 8. The molecular weight excluding hydrogens is 474 g/mol. The summed E-state index contributed by atoms with van der Waals surface area (Å²) in [5, 5.41) is 21.4. The quantitative estimate of drug-likeness (QED) is 0.432. The van der Waals surface area contributed by atoms with Gasteiger partial charge in [-0.25, -0.2) is 9.59 Å². The molecular formula is C23H27N5O6S. The van der Waals surface area contributed by atoms with E-state index in [-0.39, 0.29) is 35.7 Å². The predicted octanol–water partition coefficient (Wildman–Crippen LogP) is 3.27. The highest BCUT2D eigenvalue weighted by Gasteiger charge is 2.36. The first-order valence-electron chi connectivity index (χ1n) is 11.1. The number of carbonyl (C=O) groups is 3. The minimum absolute atomic E-state index is 0.0746. The Bertz CT molecular complexity index is 1260. The number of carboxylic acid groups (broad SMARTS) is 1. The smallest absolute Gasteiger partial charge is 0.408 e. The average molecular weight is 502 g/mol. The average Bonchev–Trinajstić information content (AvgIpc) is 3.39. The molecule has 0 bridgehead atoms. The van der Waals surface area contributed by atoms with Crippen molar-refractivity contribution in [3.8, 4) is 0 Å². The number of thioether (sulfide) groups is 1. The second-order valence-electron chi connectivity index (χ2n) is 9.27. The van der Waals surface area contributed by atoms with Crippen LogP contribution in [0.4, 0.5) is 4.79 Å². The zero-order valence-corrected chi connectivity index (χ0v) is 20.6. The van der Waals surface area contributed by atoms with E-state index in [1.807, 2.05) is 24.3 Å². The van der Waals surface area contributed by atoms with Gasteiger partial charge in [-0.2, -0.15) is 0 Å². The van der Waals surface area contributed by atoms with E-state index in [4.69, 9.17) is 9.15 Å². The summed E-state index contributed by atoms with van der Waals surface area (Å²) in [5.41, 5.74) is 2.04. The maximum Gasteiger partial charge on any atom is 0.408 e. The van der Waals surface area contributed by atoms with Crippen LogP contribution in [0, 0.1) is 0 Å². The van der Waals surface area contributed by atoms with Crippen molar-refractivity contribution in [3.05, 3.63) is 41.4 Å². The number of amides is 2. The summed E-state index contributed by atoms with van der Waals surface area (Å²) in [6.45, 7) is 7.11. The van der Waals surface area contributed by atoms with E-state index in [1.165, 1.54) is 4.90 Å². The number of para-hydroxylation sites is 1. The number of aliphatic carboxylic acids is 1. The SMILES string of the molecule is CC(NC(=O)OC(C)(C)C)c1nnc(SCC(=O)N2Cc3[nH]c4ccccc4c3CC2C(=O)O)o1. The van der Waals surface area contributed by atoms with Gasteiger partial charge in [-0.15, -0.1) is 10.2 Å². The fourth-order valence-corrected chi connectivity index (χ4v) is 4.55. The standard InChI is InChI=1S/C23H27N5O6S/c1-12(24-21(32)34-23(2,3)4)19-26-27-22(33-19)35-11-18(29)28-10-16-14(9-17(28)20(30)31)13-7-5-6-8-15(13)25-16/h5-8,12,17,25H,9-11H2,1-4H3,(H,24,32)(H,30,31). The van der Waals surface area contributed by atoms with Crippen LogP contribution in [0.15, 0.2) is 33.9 Å². The Hall–Kier alpha value is -3.54. The molecule has 3 N–H and O–H groups in total. The van der Waals surface area contributed by atoms with Crippen molar-refractivity contribution in [2.45, 2.75) is 63.6 Å². The molecule has 3 aromatic rings. The zero-order valence-electron chi connectivity index (χ0n) is 19.8. The number of benzene rings is 1. The number of nitrogens with one attached hydrogen (secondary N) is 2. The molecule has 2 atom stereocenters. The lowest BCUT2D eigenvalue weighted by Crippen LogP contribution is -2.49. The first-order valence-corrected chi connectivity index (χ1v) is 12.1. The van der Waals surface area contributed by atoms with Gasteiger partial charge in [0.05, 0.1) is 12.3 Å². The van der Waals surface area contributed by atoms with E-state index in [0.717, 1.165) is 33.9 Å². The Balaban J connectivity index is 1.39. The number of aromatic amines is 1. The van der Waals surface area contributed by atoms with E-state index in [1.54, 1.807) is 27.7 Å². The van der Waals surface area contributed by atoms with Gasteiger partial charge in [-0.3, -0.25) is 4.79 Å². The van der Waals surface area contributed by atoms with E-state index in [9.17, 15) is 19.5 Å². The number of fused-ring (bicyclic) bond motifs is 3. The number of nitrogens with zero attached hydrogens (tertiary/aromatic N) is 3. The van der Waals surface area contributed by atoms with Crippen LogP contribution in [0.25, 0.3) is 10.9 Å². The summed E-state index contributed by atoms with van der Waals surface area (Å²) in [6, 6.07) is 6.12. The maximum absolute atomic E-state index is 13.0. The van der Waals surface area contributed by atoms with Gasteiger partial charge < -0.3 is 29.5 Å². The summed E-state index contributed by atoms with van der Waals surface area (Å²) < 4.78 is 10.8. The fourth-order valence-electron chi connectivity index (χ4n) is 3.90. The largest absolute Gasteiger partial charge is 0.480 e. The highest BCUT2D eigenvalue weighted by molar-refractivity contribution is 7.99. The van der Waals surface area contributed by atoms with Crippen LogP contribution in [-0.4, -0.2) is 60.6 Å². The second-order valence-corrected chi connectivity index (χ2v) is 10.2. The third-order valence-electron chi connectivity index (χ3n) is 5.45. The van der Waals surface area contributed by atoms with Gasteiger partial charge >= 0.3 is 12.1 Å². The first kappa shape index (κ1) is 24.6.